The van der Waals surface area contributed by atoms with Gasteiger partial charge in [-0.1, -0.05) is 44.5 Å². The molecule has 0 aliphatic heterocycles. The number of halogens is 1. The molecule has 0 radical (unpaired) electrons. The molecule has 0 amide bonds. The molecule has 0 bridgehead atoms. The summed E-state index contributed by atoms with van der Waals surface area (Å²) in [7, 11) is 0. The second-order valence-electron chi connectivity index (χ2n) is 5.46. The summed E-state index contributed by atoms with van der Waals surface area (Å²) in [6.45, 7) is 6.36. The highest BCUT2D eigenvalue weighted by atomic mass is 35.5. The second-order valence-corrected chi connectivity index (χ2v) is 5.87. The third-order valence-corrected chi connectivity index (χ3v) is 3.81. The van der Waals surface area contributed by atoms with Crippen molar-refractivity contribution in [3.63, 3.8) is 0 Å². The van der Waals surface area contributed by atoms with E-state index in [4.69, 9.17) is 17.3 Å². The summed E-state index contributed by atoms with van der Waals surface area (Å²) in [6.07, 6.45) is 3.73. The standard InChI is InChI=1S/C16H22ClN3/c1-4-13(18)10-12-6-5-7-14(17)16(12)20-9-8-15(19-20)11(2)3/h5-9,11,13H,4,10,18H2,1-3H3. The van der Waals surface area contributed by atoms with Gasteiger partial charge in [-0.15, -0.1) is 0 Å². The van der Waals surface area contributed by atoms with E-state index in [9.17, 15) is 0 Å². The summed E-state index contributed by atoms with van der Waals surface area (Å²) in [4.78, 5) is 0. The van der Waals surface area contributed by atoms with Crippen molar-refractivity contribution in [1.29, 1.82) is 0 Å². The number of hydrogen-bond acceptors (Lipinski definition) is 2. The van der Waals surface area contributed by atoms with E-state index < -0.39 is 0 Å². The summed E-state index contributed by atoms with van der Waals surface area (Å²) >= 11 is 6.38. The lowest BCUT2D eigenvalue weighted by Crippen LogP contribution is -2.22. The predicted octanol–water partition coefficient (Wildman–Crippen LogP) is 3.93. The molecule has 1 atom stereocenters. The minimum Gasteiger partial charge on any atom is -0.327 e. The number of aromatic nitrogens is 2. The van der Waals surface area contributed by atoms with Gasteiger partial charge in [-0.3, -0.25) is 0 Å². The zero-order valence-electron chi connectivity index (χ0n) is 12.3. The maximum atomic E-state index is 6.38. The molecule has 3 nitrogen and oxygen atoms in total. The summed E-state index contributed by atoms with van der Waals surface area (Å²) < 4.78 is 1.87. The molecule has 0 saturated heterocycles. The van der Waals surface area contributed by atoms with Gasteiger partial charge in [0.05, 0.1) is 16.4 Å². The molecule has 0 fully saturated rings. The molecule has 1 heterocycles. The highest BCUT2D eigenvalue weighted by Crippen LogP contribution is 2.26. The van der Waals surface area contributed by atoms with E-state index in [0.717, 1.165) is 29.8 Å². The van der Waals surface area contributed by atoms with Crippen LogP contribution in [-0.2, 0) is 6.42 Å². The number of hydrogen-bond donors (Lipinski definition) is 1. The van der Waals surface area contributed by atoms with Crippen LogP contribution in [0.5, 0.6) is 0 Å². The molecular weight excluding hydrogens is 270 g/mol. The van der Waals surface area contributed by atoms with Crippen LogP contribution in [0.25, 0.3) is 5.69 Å². The lowest BCUT2D eigenvalue weighted by Gasteiger charge is -2.15. The van der Waals surface area contributed by atoms with E-state index in [0.29, 0.717) is 10.9 Å². The average molecular weight is 292 g/mol. The Balaban J connectivity index is 2.43. The van der Waals surface area contributed by atoms with Crippen molar-refractivity contribution in [3.8, 4) is 5.69 Å². The molecule has 0 saturated carbocycles. The Bertz CT molecular complexity index is 575. The number of nitrogens with zero attached hydrogens (tertiary/aromatic N) is 2. The highest BCUT2D eigenvalue weighted by molar-refractivity contribution is 6.32. The van der Waals surface area contributed by atoms with Crippen molar-refractivity contribution in [1.82, 2.24) is 9.78 Å². The predicted molar refractivity (Wildman–Crippen MR) is 84.6 cm³/mol. The van der Waals surface area contributed by atoms with Gasteiger partial charge in [0.15, 0.2) is 0 Å². The van der Waals surface area contributed by atoms with Gasteiger partial charge in [-0.2, -0.15) is 5.10 Å². The summed E-state index contributed by atoms with van der Waals surface area (Å²) in [5.41, 5.74) is 9.24. The van der Waals surface area contributed by atoms with E-state index in [1.165, 1.54) is 0 Å². The van der Waals surface area contributed by atoms with Crippen LogP contribution >= 0.6 is 11.6 Å². The van der Waals surface area contributed by atoms with Gasteiger partial charge >= 0.3 is 0 Å². The van der Waals surface area contributed by atoms with Crippen molar-refractivity contribution in [2.45, 2.75) is 45.6 Å². The van der Waals surface area contributed by atoms with Crippen LogP contribution in [0.1, 0.15) is 44.4 Å². The first-order valence-corrected chi connectivity index (χ1v) is 7.49. The number of para-hydroxylation sites is 1. The van der Waals surface area contributed by atoms with Crippen LogP contribution in [0.4, 0.5) is 0 Å². The van der Waals surface area contributed by atoms with Crippen LogP contribution in [0.3, 0.4) is 0 Å². The van der Waals surface area contributed by atoms with Gasteiger partial charge in [-0.05, 0) is 36.5 Å². The van der Waals surface area contributed by atoms with Crippen LogP contribution in [-0.4, -0.2) is 15.8 Å². The summed E-state index contributed by atoms with van der Waals surface area (Å²) in [6, 6.07) is 8.13. The van der Waals surface area contributed by atoms with Gasteiger partial charge in [0, 0.05) is 12.2 Å². The van der Waals surface area contributed by atoms with E-state index in [1.54, 1.807) is 0 Å². The lowest BCUT2D eigenvalue weighted by atomic mass is 10.0. The SMILES string of the molecule is CCC(N)Cc1cccc(Cl)c1-n1ccc(C(C)C)n1. The maximum Gasteiger partial charge on any atom is 0.0864 e. The third kappa shape index (κ3) is 3.22. The average Bonchev–Trinajstić information content (AvgIpc) is 2.88. The van der Waals surface area contributed by atoms with Crippen molar-refractivity contribution in [2.75, 3.05) is 0 Å². The third-order valence-electron chi connectivity index (χ3n) is 3.51. The molecule has 2 N–H and O–H groups in total. The second kappa shape index (κ2) is 6.42. The van der Waals surface area contributed by atoms with Crippen LogP contribution in [0.15, 0.2) is 30.5 Å². The van der Waals surface area contributed by atoms with Crippen molar-refractivity contribution < 1.29 is 0 Å². The number of rotatable bonds is 5. The fourth-order valence-electron chi connectivity index (χ4n) is 2.18. The molecule has 4 heteroatoms. The summed E-state index contributed by atoms with van der Waals surface area (Å²) in [5.74, 6) is 0.403. The van der Waals surface area contributed by atoms with Crippen molar-refractivity contribution in [2.24, 2.45) is 5.73 Å². The van der Waals surface area contributed by atoms with Crippen molar-refractivity contribution in [3.05, 3.63) is 46.7 Å². The Morgan fingerprint density at radius 1 is 1.30 bits per heavy atom. The van der Waals surface area contributed by atoms with Crippen LogP contribution in [0, 0.1) is 0 Å². The minimum atomic E-state index is 0.146. The first-order valence-electron chi connectivity index (χ1n) is 7.11. The first-order chi connectivity index (χ1) is 9.52. The van der Waals surface area contributed by atoms with Gasteiger partial charge < -0.3 is 5.73 Å². The highest BCUT2D eigenvalue weighted by Gasteiger charge is 2.13. The van der Waals surface area contributed by atoms with Gasteiger partial charge in [0.1, 0.15) is 0 Å². The van der Waals surface area contributed by atoms with Crippen LogP contribution in [0.2, 0.25) is 5.02 Å². The first kappa shape index (κ1) is 15.1. The zero-order valence-corrected chi connectivity index (χ0v) is 13.1. The molecule has 2 rings (SSSR count). The Morgan fingerprint density at radius 3 is 2.65 bits per heavy atom. The van der Waals surface area contributed by atoms with Crippen LogP contribution < -0.4 is 5.73 Å². The molecule has 108 valence electrons. The number of nitrogens with two attached hydrogens (primary N) is 1. The van der Waals surface area contributed by atoms with E-state index in [1.807, 2.05) is 29.1 Å². The van der Waals surface area contributed by atoms with Gasteiger partial charge in [0.2, 0.25) is 0 Å². The Morgan fingerprint density at radius 2 is 2.05 bits per heavy atom. The van der Waals surface area contributed by atoms with E-state index in [2.05, 4.69) is 31.9 Å². The van der Waals surface area contributed by atoms with Gasteiger partial charge in [0.25, 0.3) is 0 Å². The largest absolute Gasteiger partial charge is 0.327 e. The molecule has 1 unspecified atom stereocenters. The molecule has 1 aromatic heterocycles. The Kier molecular flexibility index (Phi) is 4.84. The molecule has 2 aromatic rings. The topological polar surface area (TPSA) is 43.8 Å². The quantitative estimate of drug-likeness (QED) is 0.907. The normalized spacial score (nSPS) is 12.9. The Hall–Kier alpha value is -1.32. The molecule has 0 spiro atoms. The van der Waals surface area contributed by atoms with Gasteiger partial charge in [-0.25, -0.2) is 4.68 Å². The fraction of sp³-hybridized carbons (Fsp3) is 0.438. The molecule has 0 aliphatic rings. The molecular formula is C16H22ClN3. The number of benzene rings is 1. The molecule has 20 heavy (non-hydrogen) atoms. The smallest absolute Gasteiger partial charge is 0.0864 e. The fourth-order valence-corrected chi connectivity index (χ4v) is 2.46. The molecule has 1 aromatic carbocycles. The lowest BCUT2D eigenvalue weighted by molar-refractivity contribution is 0.641. The monoisotopic (exact) mass is 291 g/mol. The van der Waals surface area contributed by atoms with E-state index >= 15 is 0 Å². The summed E-state index contributed by atoms with van der Waals surface area (Å²) in [5, 5.41) is 5.34. The molecule has 0 aliphatic carbocycles. The Labute approximate surface area is 125 Å². The minimum absolute atomic E-state index is 0.146. The van der Waals surface area contributed by atoms with Crippen molar-refractivity contribution >= 4 is 11.6 Å². The zero-order chi connectivity index (χ0) is 14.7. The van der Waals surface area contributed by atoms with E-state index in [-0.39, 0.29) is 6.04 Å². The maximum absolute atomic E-state index is 6.38.